The van der Waals surface area contributed by atoms with Gasteiger partial charge in [0.2, 0.25) is 11.8 Å². The van der Waals surface area contributed by atoms with Gasteiger partial charge in [-0.3, -0.25) is 19.4 Å². The van der Waals surface area contributed by atoms with Gasteiger partial charge in [0.15, 0.2) is 17.0 Å². The largest absolute Gasteiger partial charge is 0.469 e. The van der Waals surface area contributed by atoms with E-state index in [1.165, 1.54) is 25.7 Å². The molecule has 0 aromatic heterocycles. The third kappa shape index (κ3) is 8.85. The van der Waals surface area contributed by atoms with Crippen LogP contribution in [0.3, 0.4) is 0 Å². The monoisotopic (exact) mass is 514 g/mol. The fraction of sp³-hybridized carbons (Fsp3) is 0.762. The molecule has 0 spiro atoms. The first-order valence-corrected chi connectivity index (χ1v) is 11.7. The van der Waals surface area contributed by atoms with Crippen LogP contribution in [-0.4, -0.2) is 81.5 Å². The zero-order valence-corrected chi connectivity index (χ0v) is 21.4. The maximum absolute atomic E-state index is 13.6. The van der Waals surface area contributed by atoms with Crippen molar-refractivity contribution in [1.82, 2.24) is 15.2 Å². The molecule has 204 valence electrons. The Morgan fingerprint density at radius 3 is 2.31 bits per heavy atom. The first-order valence-electron chi connectivity index (χ1n) is 11.7. The summed E-state index contributed by atoms with van der Waals surface area (Å²) in [6, 6.07) is -3.54. The Hall–Kier alpha value is -3.65. The Bertz CT molecular complexity index is 867. The van der Waals surface area contributed by atoms with Crippen LogP contribution < -0.4 is 22.5 Å². The third-order valence-corrected chi connectivity index (χ3v) is 5.38. The molecular formula is C21H38N8O7. The summed E-state index contributed by atoms with van der Waals surface area (Å²) < 4.78 is 5.16. The summed E-state index contributed by atoms with van der Waals surface area (Å²) in [5, 5.41) is 13.6. The first kappa shape index (κ1) is 30.4. The standard InChI is InChI=1S/C21H38N8O7/c1-12(2)15(16(22)30)26-17(31)13-9-7-11-27(13)18(32)14(8-6-10-25-19(23)24)28(29(34)35)20(33)36-21(3,4)5/h12-15H,6-11H2,1-5H3,(H2,22,30)(H,26,31)(H4,23,24,25)/t13-,14-,15-/m0/s1. The fourth-order valence-corrected chi connectivity index (χ4v) is 3.77. The molecule has 0 aromatic rings. The van der Waals surface area contributed by atoms with Crippen molar-refractivity contribution in [1.29, 1.82) is 0 Å². The Balaban J connectivity index is 3.26. The van der Waals surface area contributed by atoms with Crippen molar-refractivity contribution in [3.63, 3.8) is 0 Å². The first-order chi connectivity index (χ1) is 16.6. The van der Waals surface area contributed by atoms with E-state index in [-0.39, 0.29) is 49.2 Å². The molecular weight excluding hydrogens is 476 g/mol. The second-order valence-corrected chi connectivity index (χ2v) is 9.85. The maximum Gasteiger partial charge on any atom is 0.469 e. The number of primary amides is 1. The number of hydrogen-bond donors (Lipinski definition) is 4. The Kier molecular flexibility index (Phi) is 10.9. The molecule has 1 aliphatic heterocycles. The van der Waals surface area contributed by atoms with Gasteiger partial charge in [-0.15, -0.1) is 0 Å². The van der Waals surface area contributed by atoms with Gasteiger partial charge in [-0.25, -0.2) is 14.9 Å². The number of hydrogen-bond acceptors (Lipinski definition) is 8. The normalized spacial score (nSPS) is 17.2. The summed E-state index contributed by atoms with van der Waals surface area (Å²) in [6.45, 7) is 8.19. The predicted octanol–water partition coefficient (Wildman–Crippen LogP) is -0.545. The van der Waals surface area contributed by atoms with E-state index in [2.05, 4.69) is 10.3 Å². The van der Waals surface area contributed by atoms with Gasteiger partial charge in [0, 0.05) is 13.1 Å². The smallest absolute Gasteiger partial charge is 0.440 e. The van der Waals surface area contributed by atoms with Gasteiger partial charge in [0.1, 0.15) is 17.7 Å². The van der Waals surface area contributed by atoms with Crippen molar-refractivity contribution in [2.45, 2.75) is 84.0 Å². The Labute approximate surface area is 209 Å². The number of nitro groups is 1. The Morgan fingerprint density at radius 1 is 1.22 bits per heavy atom. The molecule has 4 amide bonds. The van der Waals surface area contributed by atoms with Crippen molar-refractivity contribution in [2.75, 3.05) is 13.1 Å². The lowest BCUT2D eigenvalue weighted by Crippen LogP contribution is -2.58. The summed E-state index contributed by atoms with van der Waals surface area (Å²) in [4.78, 5) is 67.9. The third-order valence-electron chi connectivity index (χ3n) is 5.38. The van der Waals surface area contributed by atoms with Crippen molar-refractivity contribution >= 4 is 29.8 Å². The second-order valence-electron chi connectivity index (χ2n) is 9.85. The summed E-state index contributed by atoms with van der Waals surface area (Å²) in [7, 11) is 0. The number of carbonyl (C=O) groups excluding carboxylic acids is 4. The van der Waals surface area contributed by atoms with Crippen LogP contribution in [0, 0.1) is 16.0 Å². The number of hydrazine groups is 1. The minimum Gasteiger partial charge on any atom is -0.440 e. The lowest BCUT2D eigenvalue weighted by molar-refractivity contribution is -0.641. The van der Waals surface area contributed by atoms with Crippen LogP contribution in [0.25, 0.3) is 0 Å². The number of nitrogens with one attached hydrogen (secondary N) is 1. The number of rotatable bonds is 11. The minimum atomic E-state index is -1.59. The zero-order valence-electron chi connectivity index (χ0n) is 21.4. The topological polar surface area (TPSA) is 230 Å². The molecule has 0 aliphatic carbocycles. The van der Waals surface area contributed by atoms with Crippen LogP contribution in [-0.2, 0) is 19.1 Å². The van der Waals surface area contributed by atoms with Crippen molar-refractivity contribution in [2.24, 2.45) is 28.1 Å². The van der Waals surface area contributed by atoms with Crippen LogP contribution in [0.4, 0.5) is 4.79 Å². The highest BCUT2D eigenvalue weighted by Crippen LogP contribution is 2.23. The van der Waals surface area contributed by atoms with Crippen LogP contribution in [0.2, 0.25) is 0 Å². The molecule has 1 heterocycles. The second kappa shape index (κ2) is 12.9. The van der Waals surface area contributed by atoms with Gasteiger partial charge in [0.05, 0.1) is 0 Å². The zero-order chi connectivity index (χ0) is 27.8. The van der Waals surface area contributed by atoms with Gasteiger partial charge in [-0.1, -0.05) is 13.8 Å². The number of nitrogens with two attached hydrogens (primary N) is 3. The SMILES string of the molecule is CC(C)[C@H](NC(=O)[C@@H]1CCCN1C(=O)[C@H](CCCN=C(N)N)N(C(=O)OC(C)(C)C)[N+](=O)[O-])C(N)=O. The molecule has 7 N–H and O–H groups in total. The van der Waals surface area contributed by atoms with Gasteiger partial charge < -0.3 is 32.2 Å². The molecule has 0 saturated carbocycles. The fourth-order valence-electron chi connectivity index (χ4n) is 3.77. The van der Waals surface area contributed by atoms with Crippen LogP contribution >= 0.6 is 0 Å². The van der Waals surface area contributed by atoms with E-state index >= 15 is 0 Å². The summed E-state index contributed by atoms with van der Waals surface area (Å²) in [6.07, 6.45) is -0.646. The number of nitrogens with zero attached hydrogens (tertiary/aromatic N) is 4. The van der Waals surface area contributed by atoms with E-state index in [1.54, 1.807) is 13.8 Å². The Morgan fingerprint density at radius 2 is 1.83 bits per heavy atom. The lowest BCUT2D eigenvalue weighted by Gasteiger charge is -2.31. The van der Waals surface area contributed by atoms with Crippen molar-refractivity contribution in [3.8, 4) is 0 Å². The number of carbonyl (C=O) groups is 4. The van der Waals surface area contributed by atoms with Crippen molar-refractivity contribution in [3.05, 3.63) is 10.1 Å². The van der Waals surface area contributed by atoms with Gasteiger partial charge in [-0.05, 0) is 57.4 Å². The highest BCUT2D eigenvalue weighted by molar-refractivity contribution is 5.94. The molecule has 0 aromatic carbocycles. The number of guanidine groups is 1. The van der Waals surface area contributed by atoms with E-state index in [1.807, 2.05) is 0 Å². The molecule has 15 nitrogen and oxygen atoms in total. The minimum absolute atomic E-state index is 0.0601. The lowest BCUT2D eigenvalue weighted by atomic mass is 10.0. The number of aliphatic imine (C=N–C) groups is 1. The predicted molar refractivity (Wildman–Crippen MR) is 129 cm³/mol. The van der Waals surface area contributed by atoms with E-state index in [0.717, 1.165) is 0 Å². The van der Waals surface area contributed by atoms with E-state index < -0.39 is 52.6 Å². The van der Waals surface area contributed by atoms with E-state index in [9.17, 15) is 29.3 Å². The van der Waals surface area contributed by atoms with Crippen LogP contribution in [0.5, 0.6) is 0 Å². The average molecular weight is 515 g/mol. The van der Waals surface area contributed by atoms with Gasteiger partial charge >= 0.3 is 6.09 Å². The molecule has 3 atom stereocenters. The molecule has 0 unspecified atom stereocenters. The van der Waals surface area contributed by atoms with E-state index in [0.29, 0.717) is 6.42 Å². The molecule has 1 aliphatic rings. The van der Waals surface area contributed by atoms with E-state index in [4.69, 9.17) is 21.9 Å². The molecule has 36 heavy (non-hydrogen) atoms. The number of likely N-dealkylation sites (tertiary alicyclic amines) is 1. The van der Waals surface area contributed by atoms with Crippen LogP contribution in [0.15, 0.2) is 4.99 Å². The van der Waals surface area contributed by atoms with Crippen molar-refractivity contribution < 1.29 is 28.9 Å². The molecule has 1 fully saturated rings. The number of amides is 4. The summed E-state index contributed by atoms with van der Waals surface area (Å²) in [5.74, 6) is -2.63. The molecule has 1 saturated heterocycles. The summed E-state index contributed by atoms with van der Waals surface area (Å²) >= 11 is 0. The summed E-state index contributed by atoms with van der Waals surface area (Å²) in [5.41, 5.74) is 14.9. The number of ether oxygens (including phenoxy) is 1. The molecule has 0 bridgehead atoms. The highest BCUT2D eigenvalue weighted by atomic mass is 16.7. The van der Waals surface area contributed by atoms with Crippen LogP contribution in [0.1, 0.15) is 60.3 Å². The molecule has 0 radical (unpaired) electrons. The van der Waals surface area contributed by atoms with Gasteiger partial charge in [-0.2, -0.15) is 0 Å². The molecule has 15 heteroatoms. The quantitative estimate of drug-likeness (QED) is 0.0909. The average Bonchev–Trinajstić information content (AvgIpc) is 3.21. The maximum atomic E-state index is 13.6. The highest BCUT2D eigenvalue weighted by Gasteiger charge is 2.46. The van der Waals surface area contributed by atoms with Gasteiger partial charge in [0.25, 0.3) is 5.91 Å². The molecule has 1 rings (SSSR count).